The molecule has 0 aliphatic rings. The normalized spacial score (nSPS) is 10.0. The number of nitrogens with zero attached hydrogens (tertiary/aromatic N) is 1. The van der Waals surface area contributed by atoms with Gasteiger partial charge in [-0.15, -0.1) is 11.6 Å². The minimum atomic E-state index is -0.511. The minimum Gasteiger partial charge on any atom is -0.352 e. The van der Waals surface area contributed by atoms with Crippen LogP contribution in [0, 0.1) is 17.0 Å². The zero-order chi connectivity index (χ0) is 12.8. The summed E-state index contributed by atoms with van der Waals surface area (Å²) in [7, 11) is 0. The lowest BCUT2D eigenvalue weighted by molar-refractivity contribution is -0.384. The van der Waals surface area contributed by atoms with Crippen LogP contribution in [0.3, 0.4) is 0 Å². The predicted molar refractivity (Wildman–Crippen MR) is 65.5 cm³/mol. The van der Waals surface area contributed by atoms with E-state index >= 15 is 0 Å². The van der Waals surface area contributed by atoms with E-state index in [0.29, 0.717) is 30.0 Å². The van der Waals surface area contributed by atoms with Gasteiger partial charge in [0.1, 0.15) is 0 Å². The second-order valence-corrected chi connectivity index (χ2v) is 3.99. The molecule has 0 saturated carbocycles. The van der Waals surface area contributed by atoms with Crippen LogP contribution in [0.15, 0.2) is 18.2 Å². The molecule has 6 heteroatoms. The SMILES string of the molecule is Cc1cc(C(=O)NCCCCl)cc([N+](=O)[O-])c1. The monoisotopic (exact) mass is 256 g/mol. The third-order valence-corrected chi connectivity index (χ3v) is 2.40. The number of hydrogen-bond donors (Lipinski definition) is 1. The van der Waals surface area contributed by atoms with Crippen LogP contribution in [0.5, 0.6) is 0 Å². The second-order valence-electron chi connectivity index (χ2n) is 3.61. The molecule has 0 fully saturated rings. The van der Waals surface area contributed by atoms with Crippen LogP contribution < -0.4 is 5.32 Å². The number of aryl methyl sites for hydroxylation is 1. The smallest absolute Gasteiger partial charge is 0.270 e. The molecule has 0 unspecified atom stereocenters. The maximum Gasteiger partial charge on any atom is 0.270 e. The van der Waals surface area contributed by atoms with Crippen LogP contribution >= 0.6 is 11.6 Å². The van der Waals surface area contributed by atoms with Crippen molar-refractivity contribution in [1.29, 1.82) is 0 Å². The highest BCUT2D eigenvalue weighted by Crippen LogP contribution is 2.16. The Morgan fingerprint density at radius 1 is 1.47 bits per heavy atom. The van der Waals surface area contributed by atoms with Gasteiger partial charge in [-0.05, 0) is 25.0 Å². The topological polar surface area (TPSA) is 72.2 Å². The van der Waals surface area contributed by atoms with Crippen LogP contribution in [0.25, 0.3) is 0 Å². The van der Waals surface area contributed by atoms with E-state index in [1.165, 1.54) is 12.1 Å². The Balaban J connectivity index is 2.82. The van der Waals surface area contributed by atoms with Gasteiger partial charge in [0.25, 0.3) is 11.6 Å². The van der Waals surface area contributed by atoms with Crippen LogP contribution in [0.2, 0.25) is 0 Å². The molecule has 0 bridgehead atoms. The number of non-ortho nitro benzene ring substituents is 1. The zero-order valence-electron chi connectivity index (χ0n) is 9.40. The van der Waals surface area contributed by atoms with E-state index in [1.807, 2.05) is 0 Å². The molecular formula is C11H13ClN2O3. The first-order valence-electron chi connectivity index (χ1n) is 5.15. The Bertz CT molecular complexity index is 435. The summed E-state index contributed by atoms with van der Waals surface area (Å²) >= 11 is 5.48. The number of nitro benzene ring substituents is 1. The quantitative estimate of drug-likeness (QED) is 0.380. The fourth-order valence-electron chi connectivity index (χ4n) is 1.37. The highest BCUT2D eigenvalue weighted by atomic mass is 35.5. The third kappa shape index (κ3) is 4.03. The molecule has 1 amide bonds. The zero-order valence-corrected chi connectivity index (χ0v) is 10.2. The van der Waals surface area contributed by atoms with Gasteiger partial charge in [-0.3, -0.25) is 14.9 Å². The fraction of sp³-hybridized carbons (Fsp3) is 0.364. The maximum atomic E-state index is 11.7. The lowest BCUT2D eigenvalue weighted by atomic mass is 10.1. The molecule has 0 atom stereocenters. The first-order valence-corrected chi connectivity index (χ1v) is 5.68. The van der Waals surface area contributed by atoms with E-state index < -0.39 is 4.92 Å². The summed E-state index contributed by atoms with van der Waals surface area (Å²) in [5.74, 6) is 0.149. The third-order valence-electron chi connectivity index (χ3n) is 2.13. The van der Waals surface area contributed by atoms with Crippen molar-refractivity contribution in [2.75, 3.05) is 12.4 Å². The van der Waals surface area contributed by atoms with E-state index in [1.54, 1.807) is 13.0 Å². The van der Waals surface area contributed by atoms with Crippen molar-refractivity contribution in [2.45, 2.75) is 13.3 Å². The maximum absolute atomic E-state index is 11.7. The van der Waals surface area contributed by atoms with Crippen molar-refractivity contribution < 1.29 is 9.72 Å². The average Bonchev–Trinajstić information content (AvgIpc) is 2.28. The van der Waals surface area contributed by atoms with Gasteiger partial charge in [0.2, 0.25) is 0 Å². The Kier molecular flexibility index (Phi) is 4.90. The van der Waals surface area contributed by atoms with Crippen LogP contribution in [-0.4, -0.2) is 23.3 Å². The number of hydrogen-bond acceptors (Lipinski definition) is 3. The van der Waals surface area contributed by atoms with Crippen molar-refractivity contribution in [3.8, 4) is 0 Å². The molecule has 1 N–H and O–H groups in total. The molecule has 1 aromatic carbocycles. The largest absolute Gasteiger partial charge is 0.352 e. The van der Waals surface area contributed by atoms with Crippen molar-refractivity contribution in [2.24, 2.45) is 0 Å². The van der Waals surface area contributed by atoms with E-state index in [0.717, 1.165) is 0 Å². The van der Waals surface area contributed by atoms with Gasteiger partial charge in [-0.25, -0.2) is 0 Å². The second kappa shape index (κ2) is 6.20. The van der Waals surface area contributed by atoms with E-state index in [2.05, 4.69) is 5.32 Å². The van der Waals surface area contributed by atoms with Crippen LogP contribution in [0.4, 0.5) is 5.69 Å². The van der Waals surface area contributed by atoms with Gasteiger partial charge >= 0.3 is 0 Å². The van der Waals surface area contributed by atoms with E-state index in [9.17, 15) is 14.9 Å². The molecule has 0 radical (unpaired) electrons. The first kappa shape index (κ1) is 13.4. The van der Waals surface area contributed by atoms with Crippen LogP contribution in [-0.2, 0) is 0 Å². The molecular weight excluding hydrogens is 244 g/mol. The molecule has 0 aliphatic heterocycles. The van der Waals surface area contributed by atoms with Gasteiger partial charge in [-0.1, -0.05) is 0 Å². The summed E-state index contributed by atoms with van der Waals surface area (Å²) in [5, 5.41) is 13.3. The summed E-state index contributed by atoms with van der Waals surface area (Å²) in [4.78, 5) is 21.8. The van der Waals surface area contributed by atoms with Gasteiger partial charge in [0.15, 0.2) is 0 Å². The average molecular weight is 257 g/mol. The molecule has 0 aromatic heterocycles. The van der Waals surface area contributed by atoms with E-state index in [4.69, 9.17) is 11.6 Å². The summed E-state index contributed by atoms with van der Waals surface area (Å²) in [5.41, 5.74) is 0.903. The molecule has 5 nitrogen and oxygen atoms in total. The number of carbonyl (C=O) groups is 1. The van der Waals surface area contributed by atoms with E-state index in [-0.39, 0.29) is 11.6 Å². The Morgan fingerprint density at radius 2 is 2.18 bits per heavy atom. The summed E-state index contributed by atoms with van der Waals surface area (Å²) in [6, 6.07) is 4.31. The summed E-state index contributed by atoms with van der Waals surface area (Å²) in [6.07, 6.45) is 0.668. The lowest BCUT2D eigenvalue weighted by Crippen LogP contribution is -2.24. The van der Waals surface area contributed by atoms with Crippen LogP contribution in [0.1, 0.15) is 22.3 Å². The molecule has 0 saturated heterocycles. The molecule has 17 heavy (non-hydrogen) atoms. The Hall–Kier alpha value is -1.62. The number of benzene rings is 1. The molecule has 92 valence electrons. The van der Waals surface area contributed by atoms with Crippen molar-refractivity contribution in [1.82, 2.24) is 5.32 Å². The van der Waals surface area contributed by atoms with Crippen molar-refractivity contribution in [3.63, 3.8) is 0 Å². The standard InChI is InChI=1S/C11H13ClN2O3/c1-8-5-9(7-10(6-8)14(16)17)11(15)13-4-2-3-12/h5-7H,2-4H2,1H3,(H,13,15). The Labute approximate surface area is 104 Å². The van der Waals surface area contributed by atoms with Gasteiger partial charge in [0.05, 0.1) is 4.92 Å². The van der Waals surface area contributed by atoms with Gasteiger partial charge in [0, 0.05) is 30.1 Å². The molecule has 1 rings (SSSR count). The number of carbonyl (C=O) groups excluding carboxylic acids is 1. The highest BCUT2D eigenvalue weighted by Gasteiger charge is 2.12. The lowest BCUT2D eigenvalue weighted by Gasteiger charge is -2.04. The number of halogens is 1. The first-order chi connectivity index (χ1) is 8.04. The van der Waals surface area contributed by atoms with Crippen molar-refractivity contribution in [3.05, 3.63) is 39.4 Å². The molecule has 0 aliphatic carbocycles. The molecule has 1 aromatic rings. The van der Waals surface area contributed by atoms with Gasteiger partial charge < -0.3 is 5.32 Å². The number of nitro groups is 1. The number of nitrogens with one attached hydrogen (secondary N) is 1. The summed E-state index contributed by atoms with van der Waals surface area (Å²) < 4.78 is 0. The fourth-order valence-corrected chi connectivity index (χ4v) is 1.50. The summed E-state index contributed by atoms with van der Waals surface area (Å²) in [6.45, 7) is 2.17. The molecule has 0 spiro atoms. The number of rotatable bonds is 5. The number of alkyl halides is 1. The Morgan fingerprint density at radius 3 is 2.76 bits per heavy atom. The predicted octanol–water partition coefficient (Wildman–Crippen LogP) is 2.26. The minimum absolute atomic E-state index is 0.0764. The van der Waals surface area contributed by atoms with Gasteiger partial charge in [-0.2, -0.15) is 0 Å². The molecule has 0 heterocycles. The van der Waals surface area contributed by atoms with Crippen molar-refractivity contribution >= 4 is 23.2 Å². The number of amides is 1. The highest BCUT2D eigenvalue weighted by molar-refractivity contribution is 6.17.